The molecule has 0 aliphatic carbocycles. The first kappa shape index (κ1) is 16.9. The highest BCUT2D eigenvalue weighted by Crippen LogP contribution is 2.18. The van der Waals surface area contributed by atoms with E-state index < -0.39 is 10.2 Å². The van der Waals surface area contributed by atoms with Gasteiger partial charge in [-0.2, -0.15) is 12.7 Å². The van der Waals surface area contributed by atoms with E-state index in [0.29, 0.717) is 18.2 Å². The largest absolute Gasteiger partial charge is 0.320 e. The van der Waals surface area contributed by atoms with Gasteiger partial charge in [0.2, 0.25) is 0 Å². The van der Waals surface area contributed by atoms with Gasteiger partial charge in [0.1, 0.15) is 0 Å². The van der Waals surface area contributed by atoms with Gasteiger partial charge in [0.15, 0.2) is 0 Å². The maximum atomic E-state index is 12.1. The molecule has 6 heteroatoms. The smallest absolute Gasteiger partial charge is 0.301 e. The van der Waals surface area contributed by atoms with E-state index in [-0.39, 0.29) is 0 Å². The molecule has 0 aliphatic heterocycles. The van der Waals surface area contributed by atoms with Crippen molar-refractivity contribution < 1.29 is 8.42 Å². The number of anilines is 1. The Morgan fingerprint density at radius 2 is 1.80 bits per heavy atom. The van der Waals surface area contributed by atoms with Crippen molar-refractivity contribution in [2.45, 2.75) is 26.2 Å². The number of benzene rings is 1. The van der Waals surface area contributed by atoms with Crippen LogP contribution in [0.25, 0.3) is 0 Å². The molecule has 0 atom stereocenters. The summed E-state index contributed by atoms with van der Waals surface area (Å²) in [6, 6.07) is 7.50. The molecule has 114 valence electrons. The van der Waals surface area contributed by atoms with Crippen LogP contribution in [0.1, 0.15) is 31.7 Å². The van der Waals surface area contributed by atoms with E-state index in [1.807, 2.05) is 19.2 Å². The molecule has 0 aliphatic rings. The van der Waals surface area contributed by atoms with E-state index in [2.05, 4.69) is 23.9 Å². The van der Waals surface area contributed by atoms with Gasteiger partial charge in [0.25, 0.3) is 0 Å². The summed E-state index contributed by atoms with van der Waals surface area (Å²) in [5.41, 5.74) is 1.78. The van der Waals surface area contributed by atoms with Crippen molar-refractivity contribution in [2.24, 2.45) is 0 Å². The molecule has 0 amide bonds. The van der Waals surface area contributed by atoms with Crippen LogP contribution in [-0.2, 0) is 10.2 Å². The quantitative estimate of drug-likeness (QED) is 0.722. The molecule has 0 unspecified atom stereocenters. The molecule has 0 radical (unpaired) electrons. The van der Waals surface area contributed by atoms with Gasteiger partial charge in [-0.15, -0.1) is 0 Å². The van der Waals surface area contributed by atoms with Gasteiger partial charge in [0.05, 0.1) is 0 Å². The summed E-state index contributed by atoms with van der Waals surface area (Å²) in [5.74, 6) is 0.435. The molecule has 0 aromatic heterocycles. The summed E-state index contributed by atoms with van der Waals surface area (Å²) in [6.45, 7) is 5.49. The summed E-state index contributed by atoms with van der Waals surface area (Å²) < 4.78 is 28.1. The Bertz CT molecular complexity index is 498. The maximum Gasteiger partial charge on any atom is 0.301 e. The third kappa shape index (κ3) is 5.11. The summed E-state index contributed by atoms with van der Waals surface area (Å²) in [5, 5.41) is 3.00. The Balaban J connectivity index is 2.65. The van der Waals surface area contributed by atoms with Crippen molar-refractivity contribution in [2.75, 3.05) is 31.9 Å². The Morgan fingerprint density at radius 1 is 1.20 bits per heavy atom. The molecule has 1 aromatic carbocycles. The van der Waals surface area contributed by atoms with Crippen LogP contribution in [0.3, 0.4) is 0 Å². The summed E-state index contributed by atoms with van der Waals surface area (Å²) in [6.07, 6.45) is 0.778. The fourth-order valence-electron chi connectivity index (χ4n) is 1.76. The van der Waals surface area contributed by atoms with Gasteiger partial charge in [-0.05, 0) is 43.6 Å². The summed E-state index contributed by atoms with van der Waals surface area (Å²) in [7, 11) is -0.0373. The zero-order chi connectivity index (χ0) is 15.2. The summed E-state index contributed by atoms with van der Waals surface area (Å²) in [4.78, 5) is 0. The van der Waals surface area contributed by atoms with Crippen LogP contribution < -0.4 is 10.0 Å². The van der Waals surface area contributed by atoms with Crippen molar-refractivity contribution in [3.05, 3.63) is 29.8 Å². The fourth-order valence-corrected chi connectivity index (χ4v) is 2.72. The van der Waals surface area contributed by atoms with Gasteiger partial charge in [0, 0.05) is 19.3 Å². The normalized spacial score (nSPS) is 12.1. The second-order valence-corrected chi connectivity index (χ2v) is 6.94. The minimum absolute atomic E-state index is 0.435. The van der Waals surface area contributed by atoms with Gasteiger partial charge in [-0.1, -0.05) is 26.0 Å². The van der Waals surface area contributed by atoms with E-state index in [0.717, 1.165) is 13.0 Å². The molecule has 0 bridgehead atoms. The first-order valence-corrected chi connectivity index (χ1v) is 8.29. The molecule has 5 nitrogen and oxygen atoms in total. The molecule has 0 saturated carbocycles. The van der Waals surface area contributed by atoms with Crippen molar-refractivity contribution in [1.29, 1.82) is 0 Å². The first-order chi connectivity index (χ1) is 9.36. The number of nitrogens with one attached hydrogen (secondary N) is 2. The molecule has 0 spiro atoms. The predicted molar refractivity (Wildman–Crippen MR) is 84.2 cm³/mol. The molecule has 1 aromatic rings. The number of rotatable bonds is 8. The lowest BCUT2D eigenvalue weighted by Gasteiger charge is -2.18. The fraction of sp³-hybridized carbons (Fsp3) is 0.571. The monoisotopic (exact) mass is 299 g/mol. The number of nitrogens with zero attached hydrogens (tertiary/aromatic N) is 1. The Labute approximate surface area is 122 Å². The molecule has 20 heavy (non-hydrogen) atoms. The van der Waals surface area contributed by atoms with Crippen LogP contribution in [0.5, 0.6) is 0 Å². The van der Waals surface area contributed by atoms with Crippen molar-refractivity contribution in [3.63, 3.8) is 0 Å². The Morgan fingerprint density at radius 3 is 2.30 bits per heavy atom. The average Bonchev–Trinajstić information content (AvgIpc) is 2.39. The second-order valence-electron chi connectivity index (χ2n) is 5.16. The van der Waals surface area contributed by atoms with Crippen LogP contribution in [-0.4, -0.2) is 39.9 Å². The van der Waals surface area contributed by atoms with Crippen LogP contribution in [0.4, 0.5) is 5.69 Å². The van der Waals surface area contributed by atoms with Crippen molar-refractivity contribution in [1.82, 2.24) is 9.62 Å². The van der Waals surface area contributed by atoms with E-state index in [1.165, 1.54) is 9.87 Å². The van der Waals surface area contributed by atoms with Gasteiger partial charge in [-0.3, -0.25) is 4.72 Å². The molecule has 0 fully saturated rings. The first-order valence-electron chi connectivity index (χ1n) is 6.85. The molecule has 2 N–H and O–H groups in total. The predicted octanol–water partition coefficient (Wildman–Crippen LogP) is 2.01. The van der Waals surface area contributed by atoms with Gasteiger partial charge >= 0.3 is 10.2 Å². The lowest BCUT2D eigenvalue weighted by molar-refractivity contribution is 0.462. The zero-order valence-electron chi connectivity index (χ0n) is 12.7. The van der Waals surface area contributed by atoms with Crippen LogP contribution in [0.15, 0.2) is 24.3 Å². The SMILES string of the molecule is CNCCCN(C)S(=O)(=O)Nc1ccc(C(C)C)cc1. The van der Waals surface area contributed by atoms with E-state index >= 15 is 0 Å². The van der Waals surface area contributed by atoms with E-state index in [9.17, 15) is 8.42 Å². The highest BCUT2D eigenvalue weighted by Gasteiger charge is 2.16. The average molecular weight is 299 g/mol. The minimum atomic E-state index is -3.47. The summed E-state index contributed by atoms with van der Waals surface area (Å²) >= 11 is 0. The molecule has 0 saturated heterocycles. The second kappa shape index (κ2) is 7.61. The van der Waals surface area contributed by atoms with Crippen molar-refractivity contribution in [3.8, 4) is 0 Å². The van der Waals surface area contributed by atoms with Crippen molar-refractivity contribution >= 4 is 15.9 Å². The lowest BCUT2D eigenvalue weighted by atomic mass is 10.0. The van der Waals surface area contributed by atoms with Gasteiger partial charge in [-0.25, -0.2) is 0 Å². The van der Waals surface area contributed by atoms with E-state index in [4.69, 9.17) is 0 Å². The Hall–Kier alpha value is -1.11. The third-order valence-corrected chi connectivity index (χ3v) is 4.63. The molecule has 0 heterocycles. The Kier molecular flexibility index (Phi) is 6.45. The third-order valence-electron chi connectivity index (χ3n) is 3.13. The number of hydrogen-bond acceptors (Lipinski definition) is 3. The van der Waals surface area contributed by atoms with E-state index in [1.54, 1.807) is 19.2 Å². The van der Waals surface area contributed by atoms with Crippen LogP contribution in [0.2, 0.25) is 0 Å². The highest BCUT2D eigenvalue weighted by molar-refractivity contribution is 7.90. The standard InChI is InChI=1S/C14H25N3O2S/c1-12(2)13-6-8-14(9-7-13)16-20(18,19)17(4)11-5-10-15-3/h6-9,12,15-16H,5,10-11H2,1-4H3. The topological polar surface area (TPSA) is 61.4 Å². The number of hydrogen-bond donors (Lipinski definition) is 2. The molecular formula is C14H25N3O2S. The van der Waals surface area contributed by atoms with Gasteiger partial charge < -0.3 is 5.32 Å². The van der Waals surface area contributed by atoms with Crippen LogP contribution in [0, 0.1) is 0 Å². The lowest BCUT2D eigenvalue weighted by Crippen LogP contribution is -2.34. The molecular weight excluding hydrogens is 274 g/mol. The maximum absolute atomic E-state index is 12.1. The zero-order valence-corrected chi connectivity index (χ0v) is 13.5. The molecule has 1 rings (SSSR count). The minimum Gasteiger partial charge on any atom is -0.320 e. The highest BCUT2D eigenvalue weighted by atomic mass is 32.2. The van der Waals surface area contributed by atoms with Crippen LogP contribution >= 0.6 is 0 Å².